The van der Waals surface area contributed by atoms with Crippen LogP contribution in [0.1, 0.15) is 46.2 Å². The Morgan fingerprint density at radius 3 is 2.28 bits per heavy atom. The SMILES string of the molecule is C=CC(=O)NC1CC(C)(C)N(S(=O)(=O)c2ccc(Oc3cncc(C)n3)cc2)C(C)(C)C1. The molecule has 1 aromatic heterocycles. The van der Waals surface area contributed by atoms with Crippen LogP contribution in [0.25, 0.3) is 0 Å². The molecule has 1 aromatic carbocycles. The van der Waals surface area contributed by atoms with Crippen LogP contribution in [0.2, 0.25) is 0 Å². The van der Waals surface area contributed by atoms with E-state index in [1.165, 1.54) is 24.4 Å². The normalized spacial score (nSPS) is 18.7. The van der Waals surface area contributed by atoms with Crippen molar-refractivity contribution >= 4 is 15.9 Å². The molecular formula is C23H30N4O4S. The number of benzene rings is 1. The van der Waals surface area contributed by atoms with Crippen molar-refractivity contribution in [1.82, 2.24) is 19.6 Å². The van der Waals surface area contributed by atoms with Gasteiger partial charge in [-0.25, -0.2) is 13.4 Å². The first-order valence-corrected chi connectivity index (χ1v) is 11.8. The van der Waals surface area contributed by atoms with E-state index in [0.717, 1.165) is 5.69 Å². The molecule has 0 saturated carbocycles. The molecule has 1 aliphatic rings. The second kappa shape index (κ2) is 8.63. The number of rotatable bonds is 6. The Bertz CT molecular complexity index is 1090. The zero-order valence-corrected chi connectivity index (χ0v) is 19.9. The number of carbonyl (C=O) groups excluding carboxylic acids is 1. The number of aromatic nitrogens is 2. The predicted molar refractivity (Wildman–Crippen MR) is 122 cm³/mol. The molecule has 32 heavy (non-hydrogen) atoms. The third-order valence-electron chi connectivity index (χ3n) is 5.44. The summed E-state index contributed by atoms with van der Waals surface area (Å²) >= 11 is 0. The molecule has 1 fully saturated rings. The van der Waals surface area contributed by atoms with Gasteiger partial charge in [0.2, 0.25) is 21.8 Å². The van der Waals surface area contributed by atoms with Crippen LogP contribution in [-0.4, -0.2) is 45.7 Å². The van der Waals surface area contributed by atoms with Crippen molar-refractivity contribution < 1.29 is 17.9 Å². The van der Waals surface area contributed by atoms with Gasteiger partial charge in [0.05, 0.1) is 16.8 Å². The third-order valence-corrected chi connectivity index (χ3v) is 7.78. The number of sulfonamides is 1. The first-order chi connectivity index (χ1) is 14.8. The fourth-order valence-corrected chi connectivity index (χ4v) is 6.81. The molecule has 1 amide bonds. The molecule has 1 N–H and O–H groups in total. The van der Waals surface area contributed by atoms with Gasteiger partial charge in [-0.15, -0.1) is 0 Å². The van der Waals surface area contributed by atoms with Crippen molar-refractivity contribution in [2.45, 2.75) is 69.5 Å². The number of carbonyl (C=O) groups is 1. The molecule has 2 heterocycles. The highest BCUT2D eigenvalue weighted by Gasteiger charge is 2.51. The Balaban J connectivity index is 1.86. The minimum absolute atomic E-state index is 0.150. The van der Waals surface area contributed by atoms with Crippen LogP contribution in [0.5, 0.6) is 11.6 Å². The van der Waals surface area contributed by atoms with Crippen molar-refractivity contribution in [3.05, 3.63) is 55.0 Å². The molecule has 172 valence electrons. The lowest BCUT2D eigenvalue weighted by molar-refractivity contribution is -0.118. The van der Waals surface area contributed by atoms with Crippen molar-refractivity contribution in [3.63, 3.8) is 0 Å². The molecule has 1 aliphatic heterocycles. The summed E-state index contributed by atoms with van der Waals surface area (Å²) in [4.78, 5) is 20.3. The van der Waals surface area contributed by atoms with Crippen LogP contribution in [-0.2, 0) is 14.8 Å². The molecule has 3 rings (SSSR count). The van der Waals surface area contributed by atoms with Gasteiger partial charge in [0.25, 0.3) is 0 Å². The molecule has 0 atom stereocenters. The summed E-state index contributed by atoms with van der Waals surface area (Å²) in [6, 6.07) is 6.13. The third kappa shape index (κ3) is 4.99. The van der Waals surface area contributed by atoms with Gasteiger partial charge >= 0.3 is 0 Å². The second-order valence-corrected chi connectivity index (χ2v) is 11.1. The monoisotopic (exact) mass is 458 g/mol. The Labute approximate surface area is 189 Å². The first-order valence-electron chi connectivity index (χ1n) is 10.4. The Hall–Kier alpha value is -2.78. The number of nitrogens with zero attached hydrogens (tertiary/aromatic N) is 3. The molecular weight excluding hydrogens is 428 g/mol. The number of amides is 1. The summed E-state index contributed by atoms with van der Waals surface area (Å²) in [5.74, 6) is 0.548. The van der Waals surface area contributed by atoms with E-state index in [2.05, 4.69) is 21.9 Å². The van der Waals surface area contributed by atoms with Gasteiger partial charge in [-0.05, 0) is 77.8 Å². The zero-order chi connectivity index (χ0) is 23.7. The number of aryl methyl sites for hydroxylation is 1. The molecule has 0 spiro atoms. The molecule has 0 radical (unpaired) electrons. The Morgan fingerprint density at radius 2 is 1.75 bits per heavy atom. The van der Waals surface area contributed by atoms with E-state index < -0.39 is 21.1 Å². The van der Waals surface area contributed by atoms with Gasteiger partial charge in [-0.3, -0.25) is 9.78 Å². The highest BCUT2D eigenvalue weighted by atomic mass is 32.2. The van der Waals surface area contributed by atoms with Crippen molar-refractivity contribution in [2.75, 3.05) is 0 Å². The summed E-state index contributed by atoms with van der Waals surface area (Å²) in [5.41, 5.74) is -0.711. The van der Waals surface area contributed by atoms with Gasteiger partial charge < -0.3 is 10.1 Å². The number of ether oxygens (including phenoxy) is 1. The Kier molecular flexibility index (Phi) is 6.44. The summed E-state index contributed by atoms with van der Waals surface area (Å²) in [6.07, 6.45) is 5.33. The molecule has 0 aliphatic carbocycles. The van der Waals surface area contributed by atoms with Gasteiger partial charge in [-0.1, -0.05) is 6.58 Å². The summed E-state index contributed by atoms with van der Waals surface area (Å²) < 4.78 is 34.6. The maximum Gasteiger partial charge on any atom is 0.244 e. The lowest BCUT2D eigenvalue weighted by Gasteiger charge is -2.53. The highest BCUT2D eigenvalue weighted by Crippen LogP contribution is 2.42. The van der Waals surface area contributed by atoms with Crippen LogP contribution in [0.4, 0.5) is 0 Å². The van der Waals surface area contributed by atoms with Crippen molar-refractivity contribution in [3.8, 4) is 11.6 Å². The van der Waals surface area contributed by atoms with E-state index in [0.29, 0.717) is 24.5 Å². The fraction of sp³-hybridized carbons (Fsp3) is 0.435. The number of piperidine rings is 1. The number of hydrogen-bond donors (Lipinski definition) is 1. The van der Waals surface area contributed by atoms with Crippen LogP contribution in [0.3, 0.4) is 0 Å². The van der Waals surface area contributed by atoms with Crippen molar-refractivity contribution in [1.29, 1.82) is 0 Å². The van der Waals surface area contributed by atoms with E-state index in [1.807, 2.05) is 34.6 Å². The minimum Gasteiger partial charge on any atom is -0.437 e. The topological polar surface area (TPSA) is 101 Å². The Morgan fingerprint density at radius 1 is 1.16 bits per heavy atom. The van der Waals surface area contributed by atoms with Crippen LogP contribution < -0.4 is 10.1 Å². The van der Waals surface area contributed by atoms with E-state index >= 15 is 0 Å². The maximum absolute atomic E-state index is 13.7. The average molecular weight is 459 g/mol. The quantitative estimate of drug-likeness (QED) is 0.664. The zero-order valence-electron chi connectivity index (χ0n) is 19.1. The molecule has 0 unspecified atom stereocenters. The average Bonchev–Trinajstić information content (AvgIpc) is 2.66. The fourth-order valence-electron chi connectivity index (χ4n) is 4.67. The molecule has 0 bridgehead atoms. The van der Waals surface area contributed by atoms with Gasteiger partial charge in [0.1, 0.15) is 5.75 Å². The summed E-state index contributed by atoms with van der Waals surface area (Å²) in [7, 11) is -3.81. The summed E-state index contributed by atoms with van der Waals surface area (Å²) in [6.45, 7) is 12.8. The number of hydrogen-bond acceptors (Lipinski definition) is 6. The van der Waals surface area contributed by atoms with Crippen LogP contribution >= 0.6 is 0 Å². The van der Waals surface area contributed by atoms with Gasteiger partial charge in [0, 0.05) is 23.3 Å². The van der Waals surface area contributed by atoms with Gasteiger partial charge in [0.15, 0.2) is 0 Å². The molecule has 2 aromatic rings. The molecule has 1 saturated heterocycles. The highest BCUT2D eigenvalue weighted by molar-refractivity contribution is 7.89. The lowest BCUT2D eigenvalue weighted by atomic mass is 9.79. The molecule has 9 heteroatoms. The first kappa shape index (κ1) is 23.9. The largest absolute Gasteiger partial charge is 0.437 e. The van der Waals surface area contributed by atoms with Crippen molar-refractivity contribution in [2.24, 2.45) is 0 Å². The van der Waals surface area contributed by atoms with E-state index in [4.69, 9.17) is 4.74 Å². The lowest BCUT2D eigenvalue weighted by Crippen LogP contribution is -2.65. The van der Waals surface area contributed by atoms with Crippen LogP contribution in [0.15, 0.2) is 54.2 Å². The van der Waals surface area contributed by atoms with E-state index in [-0.39, 0.29) is 16.8 Å². The summed E-state index contributed by atoms with van der Waals surface area (Å²) in [5, 5.41) is 2.92. The van der Waals surface area contributed by atoms with Crippen LogP contribution in [0, 0.1) is 6.92 Å². The van der Waals surface area contributed by atoms with E-state index in [1.54, 1.807) is 22.6 Å². The van der Waals surface area contributed by atoms with E-state index in [9.17, 15) is 13.2 Å². The maximum atomic E-state index is 13.7. The minimum atomic E-state index is -3.81. The smallest absolute Gasteiger partial charge is 0.244 e. The number of nitrogens with one attached hydrogen (secondary N) is 1. The molecule has 8 nitrogen and oxygen atoms in total. The second-order valence-electron chi connectivity index (χ2n) is 9.28. The van der Waals surface area contributed by atoms with Gasteiger partial charge in [-0.2, -0.15) is 4.31 Å². The predicted octanol–water partition coefficient (Wildman–Crippen LogP) is 3.59. The standard InChI is InChI=1S/C23H30N4O4S/c1-7-20(28)26-17-12-22(3,4)27(23(5,6)13-17)32(29,30)19-10-8-18(9-11-19)31-21-15-24-14-16(2)25-21/h7-11,14-15,17H,1,12-13H2,2-6H3,(H,26,28).